The molecule has 124 valence electrons. The van der Waals surface area contributed by atoms with Crippen LogP contribution in [0.5, 0.6) is 5.75 Å². The molecule has 0 saturated carbocycles. The van der Waals surface area contributed by atoms with Gasteiger partial charge in [0.25, 0.3) is 0 Å². The van der Waals surface area contributed by atoms with Crippen molar-refractivity contribution in [2.45, 2.75) is 31.5 Å². The van der Waals surface area contributed by atoms with Crippen molar-refractivity contribution >= 4 is 6.21 Å². The molecule has 0 amide bonds. The van der Waals surface area contributed by atoms with Gasteiger partial charge in [-0.05, 0) is 36.8 Å². The second kappa shape index (κ2) is 9.50. The monoisotopic (exact) mass is 313 g/mol. The van der Waals surface area contributed by atoms with Gasteiger partial charge in [0.2, 0.25) is 0 Å². The predicted molar refractivity (Wildman–Crippen MR) is 81.1 cm³/mol. The van der Waals surface area contributed by atoms with Crippen molar-refractivity contribution in [1.29, 1.82) is 0 Å². The van der Waals surface area contributed by atoms with E-state index >= 15 is 0 Å². The molecular formula is C15H23NO6. The Labute approximate surface area is 129 Å². The zero-order valence-electron chi connectivity index (χ0n) is 12.7. The minimum absolute atomic E-state index is 0.442. The summed E-state index contributed by atoms with van der Waals surface area (Å²) in [6.45, 7) is 0.583. The third kappa shape index (κ3) is 5.70. The van der Waals surface area contributed by atoms with Gasteiger partial charge in [0.15, 0.2) is 6.29 Å². The Kier molecular flexibility index (Phi) is 8.00. The highest BCUT2D eigenvalue weighted by Crippen LogP contribution is 2.12. The van der Waals surface area contributed by atoms with Gasteiger partial charge < -0.3 is 29.9 Å². The lowest BCUT2D eigenvalue weighted by Crippen LogP contribution is -2.40. The van der Waals surface area contributed by atoms with Crippen molar-refractivity contribution in [3.05, 3.63) is 29.8 Å². The first-order valence-electron chi connectivity index (χ1n) is 6.92. The Morgan fingerprint density at radius 1 is 1.14 bits per heavy atom. The molecule has 3 atom stereocenters. The van der Waals surface area contributed by atoms with Crippen molar-refractivity contribution in [3.8, 4) is 5.75 Å². The summed E-state index contributed by atoms with van der Waals surface area (Å²) < 4.78 is 10.1. The van der Waals surface area contributed by atoms with E-state index in [1.54, 1.807) is 31.4 Å². The van der Waals surface area contributed by atoms with Crippen molar-refractivity contribution in [1.82, 2.24) is 0 Å². The molecule has 7 heteroatoms. The summed E-state index contributed by atoms with van der Waals surface area (Å²) in [4.78, 5) is 4.12. The second-order valence-corrected chi connectivity index (χ2v) is 4.80. The Hall–Kier alpha value is -1.51. The van der Waals surface area contributed by atoms with Crippen LogP contribution in [0.15, 0.2) is 29.3 Å². The van der Waals surface area contributed by atoms with Gasteiger partial charge in [0.1, 0.15) is 17.9 Å². The van der Waals surface area contributed by atoms with Crippen LogP contribution in [0.3, 0.4) is 0 Å². The minimum atomic E-state index is -1.45. The smallest absolute Gasteiger partial charge is 0.180 e. The average Bonchev–Trinajstić information content (AvgIpc) is 2.53. The Morgan fingerprint density at radius 3 is 2.18 bits per heavy atom. The molecule has 0 bridgehead atoms. The molecule has 0 aromatic heterocycles. The maximum Gasteiger partial charge on any atom is 0.180 e. The van der Waals surface area contributed by atoms with Crippen LogP contribution in [0, 0.1) is 0 Å². The quantitative estimate of drug-likeness (QED) is 0.363. The lowest BCUT2D eigenvalue weighted by molar-refractivity contribution is -0.177. The van der Waals surface area contributed by atoms with Crippen molar-refractivity contribution in [3.63, 3.8) is 0 Å². The zero-order valence-corrected chi connectivity index (χ0v) is 12.7. The van der Waals surface area contributed by atoms with Crippen molar-refractivity contribution in [2.75, 3.05) is 20.3 Å². The fourth-order valence-electron chi connectivity index (χ4n) is 1.72. The number of aliphatic imine (C=N–C) groups is 1. The van der Waals surface area contributed by atoms with E-state index in [0.29, 0.717) is 5.75 Å². The van der Waals surface area contributed by atoms with E-state index < -0.39 is 37.8 Å². The number of aliphatic hydroxyl groups excluding tert-OH is 4. The molecule has 0 spiro atoms. The molecular weight excluding hydrogens is 290 g/mol. The van der Waals surface area contributed by atoms with E-state index in [4.69, 9.17) is 19.7 Å². The molecule has 22 heavy (non-hydrogen) atoms. The number of aliphatic hydroxyl groups is 4. The largest absolute Gasteiger partial charge is 0.497 e. The molecule has 0 aliphatic heterocycles. The molecule has 1 rings (SSSR count). The lowest BCUT2D eigenvalue weighted by Gasteiger charge is -2.25. The summed E-state index contributed by atoms with van der Waals surface area (Å²) >= 11 is 0. The van der Waals surface area contributed by atoms with Crippen molar-refractivity contribution in [2.24, 2.45) is 4.99 Å². The van der Waals surface area contributed by atoms with Gasteiger partial charge in [-0.15, -0.1) is 0 Å². The topological polar surface area (TPSA) is 112 Å². The predicted octanol–water partition coefficient (Wildman–Crippen LogP) is -0.448. The van der Waals surface area contributed by atoms with Gasteiger partial charge in [-0.2, -0.15) is 0 Å². The van der Waals surface area contributed by atoms with Gasteiger partial charge >= 0.3 is 0 Å². The molecule has 4 N–H and O–H groups in total. The molecule has 0 saturated heterocycles. The molecule has 0 fully saturated rings. The van der Waals surface area contributed by atoms with Gasteiger partial charge in [0.05, 0.1) is 26.4 Å². The maximum absolute atomic E-state index is 9.93. The molecule has 1 aromatic carbocycles. The van der Waals surface area contributed by atoms with E-state index in [2.05, 4.69) is 4.99 Å². The Bertz CT molecular complexity index is 444. The van der Waals surface area contributed by atoms with Crippen LogP contribution in [0.1, 0.15) is 12.5 Å². The Morgan fingerprint density at radius 2 is 1.73 bits per heavy atom. The SMILES string of the molecule is COc1ccc(C=NC(C(C)O)[C@H](O)OC(CO)CO)cc1. The standard InChI is InChI=1S/C15H23NO6/c1-10(19)14(15(20)22-13(8-17)9-18)16-7-11-3-5-12(21-2)6-4-11/h3-7,10,13-15,17-20H,8-9H2,1-2H3/t10?,14?,15-/m1/s1. The number of rotatable bonds is 9. The fraction of sp³-hybridized carbons (Fsp3) is 0.533. The summed E-state index contributed by atoms with van der Waals surface area (Å²) in [6, 6.07) is 6.14. The summed E-state index contributed by atoms with van der Waals surface area (Å²) in [6.07, 6.45) is -1.84. The number of hydrogen-bond donors (Lipinski definition) is 4. The normalized spacial score (nSPS) is 16.0. The molecule has 0 heterocycles. The lowest BCUT2D eigenvalue weighted by atomic mass is 10.1. The molecule has 1 aromatic rings. The third-order valence-corrected chi connectivity index (χ3v) is 3.04. The first kappa shape index (κ1) is 18.5. The third-order valence-electron chi connectivity index (χ3n) is 3.04. The second-order valence-electron chi connectivity index (χ2n) is 4.80. The number of hydrogen-bond acceptors (Lipinski definition) is 7. The number of methoxy groups -OCH3 is 1. The highest BCUT2D eigenvalue weighted by Gasteiger charge is 2.26. The van der Waals surface area contributed by atoms with E-state index in [0.717, 1.165) is 5.56 Å². The highest BCUT2D eigenvalue weighted by atomic mass is 16.6. The van der Waals surface area contributed by atoms with Crippen LogP contribution in [0.4, 0.5) is 0 Å². The summed E-state index contributed by atoms with van der Waals surface area (Å²) in [7, 11) is 1.57. The van der Waals surface area contributed by atoms with Gasteiger partial charge in [0, 0.05) is 6.21 Å². The fourth-order valence-corrected chi connectivity index (χ4v) is 1.72. The first-order chi connectivity index (χ1) is 10.5. The van der Waals surface area contributed by atoms with Crippen LogP contribution < -0.4 is 4.74 Å². The molecule has 0 radical (unpaired) electrons. The van der Waals surface area contributed by atoms with Crippen LogP contribution >= 0.6 is 0 Å². The van der Waals surface area contributed by atoms with Crippen LogP contribution in [0.2, 0.25) is 0 Å². The molecule has 0 aliphatic rings. The van der Waals surface area contributed by atoms with E-state index in [1.807, 2.05) is 0 Å². The van der Waals surface area contributed by atoms with Crippen LogP contribution in [0.25, 0.3) is 0 Å². The van der Waals surface area contributed by atoms with E-state index in [-0.39, 0.29) is 0 Å². The van der Waals surface area contributed by atoms with Crippen LogP contribution in [-0.2, 0) is 4.74 Å². The average molecular weight is 313 g/mol. The van der Waals surface area contributed by atoms with Gasteiger partial charge in [-0.1, -0.05) is 0 Å². The van der Waals surface area contributed by atoms with E-state index in [9.17, 15) is 10.2 Å². The number of benzene rings is 1. The molecule has 0 aliphatic carbocycles. The molecule has 2 unspecified atom stereocenters. The summed E-state index contributed by atoms with van der Waals surface area (Å²) in [5, 5.41) is 37.5. The highest BCUT2D eigenvalue weighted by molar-refractivity contribution is 5.79. The maximum atomic E-state index is 9.93. The zero-order chi connectivity index (χ0) is 16.5. The Balaban J connectivity index is 2.75. The summed E-state index contributed by atoms with van der Waals surface area (Å²) in [5.41, 5.74) is 0.763. The van der Waals surface area contributed by atoms with Crippen molar-refractivity contribution < 1.29 is 29.9 Å². The number of ether oxygens (including phenoxy) is 2. The van der Waals surface area contributed by atoms with Gasteiger partial charge in [-0.25, -0.2) is 0 Å². The first-order valence-corrected chi connectivity index (χ1v) is 6.92. The van der Waals surface area contributed by atoms with E-state index in [1.165, 1.54) is 13.1 Å². The van der Waals surface area contributed by atoms with Crippen LogP contribution in [-0.4, -0.2) is 71.5 Å². The van der Waals surface area contributed by atoms with Gasteiger partial charge in [-0.3, -0.25) is 4.99 Å². The summed E-state index contributed by atoms with van der Waals surface area (Å²) in [5.74, 6) is 0.710. The molecule has 7 nitrogen and oxygen atoms in total. The minimum Gasteiger partial charge on any atom is -0.497 e. The number of nitrogens with zero attached hydrogens (tertiary/aromatic N) is 1.